The lowest BCUT2D eigenvalue weighted by molar-refractivity contribution is -0.379. The molecule has 3 rings (SSSR count). The Morgan fingerprint density at radius 2 is 0.688 bits per heavy atom. The van der Waals surface area contributed by atoms with Gasteiger partial charge in [0.25, 0.3) is 0 Å². The maximum absolute atomic E-state index is 13.5. The predicted octanol–water partition coefficient (Wildman–Crippen LogP) is 12.6. The van der Waals surface area contributed by atoms with E-state index in [4.69, 9.17) is 28.4 Å². The SMILES string of the molecule is CCCCCCC/C=C\C/C=C\CCCCCCCCCCCCCC(=O)NC(COC1OC(CO)C(OC2OC(CO)C(OC3OC(CO)C(O)C(O)C3O)C(O)C2O)C(O)C1O)C(O)CCCCCCCCCCCCCCCCCCCCCCCCCCCCCC. The first-order valence-corrected chi connectivity index (χ1v) is 39.6. The number of nitrogens with one attached hydrogen (secondary N) is 1. The average Bonchev–Trinajstić information content (AvgIpc) is 0.788. The first-order valence-electron chi connectivity index (χ1n) is 39.6. The number of unbranched alkanes of at least 4 members (excludes halogenated alkanes) is 43. The van der Waals surface area contributed by atoms with Crippen LogP contribution in [0.2, 0.25) is 0 Å². The van der Waals surface area contributed by atoms with Crippen LogP contribution in [-0.4, -0.2) is 193 Å². The fourth-order valence-electron chi connectivity index (χ4n) is 13.6. The van der Waals surface area contributed by atoms with Gasteiger partial charge in [0.15, 0.2) is 18.9 Å². The van der Waals surface area contributed by atoms with Crippen molar-refractivity contribution in [2.45, 2.75) is 433 Å². The maximum Gasteiger partial charge on any atom is 0.220 e. The molecule has 19 heteroatoms. The van der Waals surface area contributed by atoms with Crippen molar-refractivity contribution in [2.75, 3.05) is 26.4 Å². The van der Waals surface area contributed by atoms with Gasteiger partial charge in [-0.1, -0.05) is 301 Å². The van der Waals surface area contributed by atoms with E-state index in [-0.39, 0.29) is 18.9 Å². The Labute approximate surface area is 581 Å². The van der Waals surface area contributed by atoms with Gasteiger partial charge >= 0.3 is 0 Å². The Morgan fingerprint density at radius 3 is 1.06 bits per heavy atom. The Morgan fingerprint density at radius 1 is 0.375 bits per heavy atom. The fourth-order valence-corrected chi connectivity index (χ4v) is 13.6. The number of carbonyl (C=O) groups is 1. The topological polar surface area (TPSA) is 307 Å². The first-order chi connectivity index (χ1) is 46.8. The highest BCUT2D eigenvalue weighted by Gasteiger charge is 2.54. The molecule has 0 spiro atoms. The summed E-state index contributed by atoms with van der Waals surface area (Å²) in [6, 6.07) is -0.889. The summed E-state index contributed by atoms with van der Waals surface area (Å²) in [5, 5.41) is 121. The lowest BCUT2D eigenvalue weighted by Gasteiger charge is -2.48. The number of ether oxygens (including phenoxy) is 6. The van der Waals surface area contributed by atoms with Crippen LogP contribution >= 0.6 is 0 Å². The van der Waals surface area contributed by atoms with Crippen molar-refractivity contribution in [1.82, 2.24) is 5.32 Å². The number of rotatable bonds is 63. The smallest absolute Gasteiger partial charge is 0.220 e. The van der Waals surface area contributed by atoms with Crippen molar-refractivity contribution >= 4 is 5.91 Å². The van der Waals surface area contributed by atoms with E-state index in [9.17, 15) is 61.0 Å². The predicted molar refractivity (Wildman–Crippen MR) is 379 cm³/mol. The van der Waals surface area contributed by atoms with Gasteiger partial charge in [-0.3, -0.25) is 4.79 Å². The minimum Gasteiger partial charge on any atom is -0.394 e. The standard InChI is InChI=1S/C77H145NO18/c1-3-5-7-9-11-13-15-17-19-21-23-25-27-28-29-30-31-33-34-36-38-40-42-44-46-48-50-52-54-61(82)60(78-65(83)55-53-51-49-47-45-43-41-39-37-35-32-26-24-22-20-18-16-14-12-10-8-6-4-2)59-91-75-71(89)68(86)73(63(57-80)93-75)96-77-72(90)69(87)74(64(58-81)94-77)95-76-70(88)67(85)66(84)62(56-79)92-76/h16,18,22,24,60-64,66-77,79-82,84-90H,3-15,17,19-21,23,25-59H2,1-2H3,(H,78,83)/b18-16-,24-22-. The molecule has 0 aliphatic carbocycles. The van der Waals surface area contributed by atoms with Crippen molar-refractivity contribution < 1.29 is 89.4 Å². The summed E-state index contributed by atoms with van der Waals surface area (Å²) in [6.07, 6.45) is 42.6. The molecule has 3 saturated heterocycles. The van der Waals surface area contributed by atoms with Crippen molar-refractivity contribution in [3.05, 3.63) is 24.3 Å². The summed E-state index contributed by atoms with van der Waals surface area (Å²) in [6.45, 7) is 1.84. The highest BCUT2D eigenvalue weighted by molar-refractivity contribution is 5.76. The van der Waals surface area contributed by atoms with Crippen LogP contribution in [0.15, 0.2) is 24.3 Å². The van der Waals surface area contributed by atoms with Crippen molar-refractivity contribution in [1.29, 1.82) is 0 Å². The summed E-state index contributed by atoms with van der Waals surface area (Å²) in [4.78, 5) is 13.5. The summed E-state index contributed by atoms with van der Waals surface area (Å²) in [5.41, 5.74) is 0. The van der Waals surface area contributed by atoms with Crippen molar-refractivity contribution in [2.24, 2.45) is 0 Å². The number of hydrogen-bond acceptors (Lipinski definition) is 18. The van der Waals surface area contributed by atoms with Crippen LogP contribution in [0.4, 0.5) is 0 Å². The van der Waals surface area contributed by atoms with Crippen molar-refractivity contribution in [3.8, 4) is 0 Å². The molecule has 0 bridgehead atoms. The molecule has 17 unspecified atom stereocenters. The van der Waals surface area contributed by atoms with E-state index < -0.39 is 124 Å². The van der Waals surface area contributed by atoms with Gasteiger partial charge in [0.1, 0.15) is 73.2 Å². The number of aliphatic hydroxyl groups is 11. The largest absolute Gasteiger partial charge is 0.394 e. The fraction of sp³-hybridized carbons (Fsp3) is 0.935. The number of carbonyl (C=O) groups excluding carboxylic acids is 1. The molecule has 0 radical (unpaired) electrons. The summed E-state index contributed by atoms with van der Waals surface area (Å²) in [5.74, 6) is -0.240. The van der Waals surface area contributed by atoms with Crippen LogP contribution < -0.4 is 5.32 Å². The van der Waals surface area contributed by atoms with Crippen LogP contribution in [-0.2, 0) is 33.2 Å². The highest BCUT2D eigenvalue weighted by atomic mass is 16.8. The van der Waals surface area contributed by atoms with Crippen LogP contribution in [0, 0.1) is 0 Å². The minimum absolute atomic E-state index is 0.240. The molecule has 19 nitrogen and oxygen atoms in total. The zero-order chi connectivity index (χ0) is 69.6. The maximum atomic E-state index is 13.5. The lowest BCUT2D eigenvalue weighted by atomic mass is 9.96. The molecule has 12 N–H and O–H groups in total. The molecule has 96 heavy (non-hydrogen) atoms. The Balaban J connectivity index is 1.38. The molecule has 0 aromatic rings. The third kappa shape index (κ3) is 39.1. The molecule has 566 valence electrons. The quantitative estimate of drug-likeness (QED) is 0.0199. The summed E-state index contributed by atoms with van der Waals surface area (Å²) < 4.78 is 34.5. The molecule has 0 saturated carbocycles. The van der Waals surface area contributed by atoms with E-state index in [1.807, 2.05) is 0 Å². The van der Waals surface area contributed by atoms with Gasteiger partial charge in [-0.2, -0.15) is 0 Å². The number of allylic oxidation sites excluding steroid dienone is 4. The third-order valence-corrected chi connectivity index (χ3v) is 20.0. The summed E-state index contributed by atoms with van der Waals surface area (Å²) in [7, 11) is 0. The highest BCUT2D eigenvalue weighted by Crippen LogP contribution is 2.33. The number of aliphatic hydroxyl groups excluding tert-OH is 11. The van der Waals surface area contributed by atoms with Gasteiger partial charge in [0, 0.05) is 6.42 Å². The van der Waals surface area contributed by atoms with E-state index in [0.717, 1.165) is 57.8 Å². The first kappa shape index (κ1) is 88.5. The number of amides is 1. The van der Waals surface area contributed by atoms with Gasteiger partial charge in [0.2, 0.25) is 5.91 Å². The van der Waals surface area contributed by atoms with Crippen LogP contribution in [0.3, 0.4) is 0 Å². The molecule has 0 aromatic heterocycles. The molecule has 3 aliphatic rings. The molecule has 0 aromatic carbocycles. The Hall–Kier alpha value is -1.73. The van der Waals surface area contributed by atoms with Gasteiger partial charge in [-0.15, -0.1) is 0 Å². The molecule has 3 heterocycles. The second kappa shape index (κ2) is 58.7. The normalized spacial score (nSPS) is 27.1. The van der Waals surface area contributed by atoms with E-state index >= 15 is 0 Å². The Bertz CT molecular complexity index is 1830. The molecular weight excluding hydrogens is 1230 g/mol. The Kier molecular flexibility index (Phi) is 54.1. The van der Waals surface area contributed by atoms with Gasteiger partial charge < -0.3 is 89.9 Å². The van der Waals surface area contributed by atoms with Crippen LogP contribution in [0.5, 0.6) is 0 Å². The van der Waals surface area contributed by atoms with Gasteiger partial charge in [-0.05, 0) is 44.9 Å². The zero-order valence-corrected chi connectivity index (χ0v) is 60.4. The molecule has 3 aliphatic heterocycles. The van der Waals surface area contributed by atoms with Crippen LogP contribution in [0.25, 0.3) is 0 Å². The van der Waals surface area contributed by atoms with Crippen molar-refractivity contribution in [3.63, 3.8) is 0 Å². The van der Waals surface area contributed by atoms with E-state index in [1.165, 1.54) is 238 Å². The monoisotopic (exact) mass is 1370 g/mol. The van der Waals surface area contributed by atoms with Gasteiger partial charge in [-0.25, -0.2) is 0 Å². The second-order valence-electron chi connectivity index (χ2n) is 28.5. The molecule has 1 amide bonds. The average molecular weight is 1370 g/mol. The molecule has 17 atom stereocenters. The summed E-state index contributed by atoms with van der Waals surface area (Å²) >= 11 is 0. The minimum atomic E-state index is -1.97. The van der Waals surface area contributed by atoms with E-state index in [1.54, 1.807) is 0 Å². The lowest BCUT2D eigenvalue weighted by Crippen LogP contribution is -2.66. The van der Waals surface area contributed by atoms with E-state index in [0.29, 0.717) is 12.8 Å². The van der Waals surface area contributed by atoms with E-state index in [2.05, 4.69) is 43.5 Å². The third-order valence-electron chi connectivity index (χ3n) is 20.0. The zero-order valence-electron chi connectivity index (χ0n) is 60.4. The van der Waals surface area contributed by atoms with Crippen LogP contribution in [0.1, 0.15) is 328 Å². The molecular formula is C77H145NO18. The second-order valence-corrected chi connectivity index (χ2v) is 28.5. The van der Waals surface area contributed by atoms with Gasteiger partial charge in [0.05, 0.1) is 38.6 Å². The number of hydrogen-bond donors (Lipinski definition) is 12. The molecule has 3 fully saturated rings.